The van der Waals surface area contributed by atoms with Crippen LogP contribution in [0.5, 0.6) is 0 Å². The molecule has 1 fully saturated rings. The van der Waals surface area contributed by atoms with Crippen LogP contribution >= 0.6 is 11.3 Å². The number of amides is 2. The third kappa shape index (κ3) is 5.57. The number of hydrogen-bond acceptors (Lipinski definition) is 5. The predicted molar refractivity (Wildman–Crippen MR) is 104 cm³/mol. The zero-order valence-corrected chi connectivity index (χ0v) is 15.5. The Bertz CT molecular complexity index is 698. The molecule has 1 saturated heterocycles. The van der Waals surface area contributed by atoms with Crippen LogP contribution in [0.15, 0.2) is 47.2 Å². The number of nitrogens with one attached hydrogen (secondary N) is 2. The molecule has 3 rings (SSSR count). The van der Waals surface area contributed by atoms with Gasteiger partial charge in [-0.1, -0.05) is 18.2 Å². The van der Waals surface area contributed by atoms with Crippen molar-refractivity contribution in [2.24, 2.45) is 0 Å². The molecule has 1 aromatic carbocycles. The molecule has 0 bridgehead atoms. The lowest BCUT2D eigenvalue weighted by molar-refractivity contribution is -0.128. The maximum absolute atomic E-state index is 11.9. The van der Waals surface area contributed by atoms with Crippen molar-refractivity contribution in [3.05, 3.63) is 52.7 Å². The van der Waals surface area contributed by atoms with Crippen LogP contribution in [0.2, 0.25) is 0 Å². The number of para-hydroxylation sites is 1. The Morgan fingerprint density at radius 3 is 2.38 bits per heavy atom. The first kappa shape index (κ1) is 18.4. The van der Waals surface area contributed by atoms with Crippen LogP contribution in [-0.4, -0.2) is 49.4 Å². The van der Waals surface area contributed by atoms with E-state index in [4.69, 9.17) is 0 Å². The lowest BCUT2D eigenvalue weighted by atomic mass is 10.2. The molecule has 6 nitrogen and oxygen atoms in total. The molecule has 0 saturated carbocycles. The number of anilines is 1. The van der Waals surface area contributed by atoms with Crippen molar-refractivity contribution in [3.63, 3.8) is 0 Å². The van der Waals surface area contributed by atoms with Gasteiger partial charge in [-0.15, -0.1) is 0 Å². The molecule has 2 amide bonds. The highest BCUT2D eigenvalue weighted by atomic mass is 32.1. The van der Waals surface area contributed by atoms with Gasteiger partial charge in [0.1, 0.15) is 0 Å². The summed E-state index contributed by atoms with van der Waals surface area (Å²) in [6.07, 6.45) is 0.662. The number of hydrazine groups is 1. The lowest BCUT2D eigenvalue weighted by Gasteiger charge is -2.36. The first-order valence-electron chi connectivity index (χ1n) is 8.82. The Balaban J connectivity index is 1.31. The fourth-order valence-electron chi connectivity index (χ4n) is 2.95. The Morgan fingerprint density at radius 1 is 0.962 bits per heavy atom. The molecule has 2 heterocycles. The summed E-state index contributed by atoms with van der Waals surface area (Å²) in [4.78, 5) is 28.3. The molecular weight excluding hydrogens is 348 g/mol. The van der Waals surface area contributed by atoms with E-state index in [9.17, 15) is 9.59 Å². The van der Waals surface area contributed by atoms with E-state index in [0.717, 1.165) is 31.7 Å². The molecule has 0 aliphatic carbocycles. The zero-order chi connectivity index (χ0) is 18.2. The standard InChI is InChI=1S/C19H24N4O2S/c24-18(20-21-19(25)14-16-7-13-26-15-16)6-8-22-9-11-23(12-10-22)17-4-2-1-3-5-17/h1-5,7,13,15H,6,8-12,14H2,(H,20,24)(H,21,25). The fraction of sp³-hybridized carbons (Fsp3) is 0.368. The molecule has 0 spiro atoms. The minimum Gasteiger partial charge on any atom is -0.369 e. The van der Waals surface area contributed by atoms with Crippen molar-refractivity contribution >= 4 is 28.8 Å². The predicted octanol–water partition coefficient (Wildman–Crippen LogP) is 1.65. The van der Waals surface area contributed by atoms with Crippen molar-refractivity contribution in [2.45, 2.75) is 12.8 Å². The molecule has 1 aliphatic rings. The summed E-state index contributed by atoms with van der Waals surface area (Å²) in [5, 5.41) is 3.86. The van der Waals surface area contributed by atoms with Gasteiger partial charge in [-0.2, -0.15) is 11.3 Å². The Hall–Kier alpha value is -2.38. The van der Waals surface area contributed by atoms with Crippen molar-refractivity contribution < 1.29 is 9.59 Å². The monoisotopic (exact) mass is 372 g/mol. The molecule has 26 heavy (non-hydrogen) atoms. The van der Waals surface area contributed by atoms with Crippen LogP contribution < -0.4 is 15.8 Å². The first-order valence-corrected chi connectivity index (χ1v) is 9.76. The van der Waals surface area contributed by atoms with Gasteiger partial charge in [0.15, 0.2) is 0 Å². The van der Waals surface area contributed by atoms with Crippen LogP contribution in [0.4, 0.5) is 5.69 Å². The van der Waals surface area contributed by atoms with Gasteiger partial charge in [-0.3, -0.25) is 25.3 Å². The maximum Gasteiger partial charge on any atom is 0.242 e. The number of rotatable bonds is 6. The van der Waals surface area contributed by atoms with E-state index >= 15 is 0 Å². The Kier molecular flexibility index (Phi) is 6.62. The van der Waals surface area contributed by atoms with E-state index in [1.54, 1.807) is 11.3 Å². The van der Waals surface area contributed by atoms with Gasteiger partial charge < -0.3 is 4.90 Å². The van der Waals surface area contributed by atoms with Crippen LogP contribution in [0.25, 0.3) is 0 Å². The van der Waals surface area contributed by atoms with E-state index < -0.39 is 0 Å². The second-order valence-corrected chi connectivity index (χ2v) is 7.10. The van der Waals surface area contributed by atoms with Crippen LogP contribution in [-0.2, 0) is 16.0 Å². The summed E-state index contributed by atoms with van der Waals surface area (Å²) >= 11 is 1.55. The van der Waals surface area contributed by atoms with Crippen LogP contribution in [0.1, 0.15) is 12.0 Å². The molecule has 0 radical (unpaired) electrons. The average Bonchev–Trinajstić information content (AvgIpc) is 3.19. The molecule has 7 heteroatoms. The average molecular weight is 372 g/mol. The highest BCUT2D eigenvalue weighted by molar-refractivity contribution is 7.08. The van der Waals surface area contributed by atoms with E-state index in [0.29, 0.717) is 13.0 Å². The van der Waals surface area contributed by atoms with Gasteiger partial charge in [0.2, 0.25) is 11.8 Å². The third-order valence-corrected chi connectivity index (χ3v) is 5.17. The summed E-state index contributed by atoms with van der Waals surface area (Å²) in [5.74, 6) is -0.359. The Labute approximate surface area is 157 Å². The van der Waals surface area contributed by atoms with E-state index in [1.807, 2.05) is 22.9 Å². The molecule has 138 valence electrons. The summed E-state index contributed by atoms with van der Waals surface area (Å²) < 4.78 is 0. The van der Waals surface area contributed by atoms with Gasteiger partial charge in [0, 0.05) is 44.8 Å². The first-order chi connectivity index (χ1) is 12.7. The fourth-order valence-corrected chi connectivity index (χ4v) is 3.62. The Morgan fingerprint density at radius 2 is 1.69 bits per heavy atom. The molecule has 0 unspecified atom stereocenters. The van der Waals surface area contributed by atoms with Crippen molar-refractivity contribution in [2.75, 3.05) is 37.6 Å². The SMILES string of the molecule is O=C(CCN1CCN(c2ccccc2)CC1)NNC(=O)Cc1ccsc1. The zero-order valence-electron chi connectivity index (χ0n) is 14.7. The summed E-state index contributed by atoms with van der Waals surface area (Å²) in [6.45, 7) is 4.50. The van der Waals surface area contributed by atoms with Gasteiger partial charge in [-0.25, -0.2) is 0 Å². The van der Waals surface area contributed by atoms with Crippen LogP contribution in [0.3, 0.4) is 0 Å². The number of carbonyl (C=O) groups excluding carboxylic acids is 2. The second kappa shape index (κ2) is 9.35. The number of carbonyl (C=O) groups is 2. The topological polar surface area (TPSA) is 64.7 Å². The van der Waals surface area contributed by atoms with Gasteiger partial charge in [0.05, 0.1) is 6.42 Å². The number of benzene rings is 1. The van der Waals surface area contributed by atoms with E-state index in [1.165, 1.54) is 5.69 Å². The van der Waals surface area contributed by atoms with Gasteiger partial charge >= 0.3 is 0 Å². The summed E-state index contributed by atoms with van der Waals surface area (Å²) in [6, 6.07) is 12.3. The lowest BCUT2D eigenvalue weighted by Crippen LogP contribution is -2.48. The summed E-state index contributed by atoms with van der Waals surface area (Å²) in [5.41, 5.74) is 7.18. The molecule has 0 atom stereocenters. The second-order valence-electron chi connectivity index (χ2n) is 6.32. The van der Waals surface area contributed by atoms with Gasteiger partial charge in [-0.05, 0) is 34.5 Å². The number of hydrogen-bond donors (Lipinski definition) is 2. The van der Waals surface area contributed by atoms with Crippen LogP contribution in [0, 0.1) is 0 Å². The highest BCUT2D eigenvalue weighted by Crippen LogP contribution is 2.15. The molecule has 2 aromatic rings. The smallest absolute Gasteiger partial charge is 0.242 e. The summed E-state index contributed by atoms with van der Waals surface area (Å²) in [7, 11) is 0. The molecular formula is C19H24N4O2S. The number of piperazine rings is 1. The minimum absolute atomic E-state index is 0.158. The molecule has 2 N–H and O–H groups in total. The van der Waals surface area contributed by atoms with Gasteiger partial charge in [0.25, 0.3) is 0 Å². The van der Waals surface area contributed by atoms with Crippen molar-refractivity contribution in [3.8, 4) is 0 Å². The van der Waals surface area contributed by atoms with E-state index in [2.05, 4.69) is 44.9 Å². The quantitative estimate of drug-likeness (QED) is 0.757. The largest absolute Gasteiger partial charge is 0.369 e. The van der Waals surface area contributed by atoms with Crippen molar-refractivity contribution in [1.29, 1.82) is 0 Å². The molecule has 1 aromatic heterocycles. The molecule has 1 aliphatic heterocycles. The van der Waals surface area contributed by atoms with Crippen molar-refractivity contribution in [1.82, 2.24) is 15.8 Å². The number of nitrogens with zero attached hydrogens (tertiary/aromatic N) is 2. The number of thiophene rings is 1. The van der Waals surface area contributed by atoms with E-state index in [-0.39, 0.29) is 18.2 Å². The minimum atomic E-state index is -0.201. The maximum atomic E-state index is 11.9. The third-order valence-electron chi connectivity index (χ3n) is 4.43. The normalized spacial score (nSPS) is 14.8. The highest BCUT2D eigenvalue weighted by Gasteiger charge is 2.17.